The van der Waals surface area contributed by atoms with Gasteiger partial charge in [0.15, 0.2) is 0 Å². The number of anilines is 3. The SMILES string of the molecule is CNc1cc(Nc2cccc(C)c2C#N)ccn1. The standard InChI is InChI=1S/C14H14N4/c1-10-4-3-5-13(12(10)9-15)18-11-6-7-17-14(8-11)16-2/h3-8H,1-2H3,(H2,16,17,18). The fourth-order valence-corrected chi connectivity index (χ4v) is 1.72. The lowest BCUT2D eigenvalue weighted by Gasteiger charge is -2.10. The van der Waals surface area contributed by atoms with E-state index in [1.165, 1.54) is 0 Å². The van der Waals surface area contributed by atoms with E-state index in [-0.39, 0.29) is 0 Å². The van der Waals surface area contributed by atoms with E-state index in [4.69, 9.17) is 5.26 Å². The highest BCUT2D eigenvalue weighted by molar-refractivity contribution is 5.69. The molecule has 1 aromatic carbocycles. The third-order valence-electron chi connectivity index (χ3n) is 2.68. The van der Waals surface area contributed by atoms with Crippen LogP contribution in [0.4, 0.5) is 17.2 Å². The van der Waals surface area contributed by atoms with Crippen molar-refractivity contribution in [1.82, 2.24) is 4.98 Å². The molecule has 4 nitrogen and oxygen atoms in total. The van der Waals surface area contributed by atoms with Crippen LogP contribution in [0.2, 0.25) is 0 Å². The maximum atomic E-state index is 9.16. The zero-order valence-electron chi connectivity index (χ0n) is 10.4. The van der Waals surface area contributed by atoms with E-state index >= 15 is 0 Å². The van der Waals surface area contributed by atoms with Gasteiger partial charge in [-0.3, -0.25) is 0 Å². The van der Waals surface area contributed by atoms with Crippen molar-refractivity contribution >= 4 is 17.2 Å². The summed E-state index contributed by atoms with van der Waals surface area (Å²) in [6.45, 7) is 1.93. The van der Waals surface area contributed by atoms with E-state index in [0.29, 0.717) is 5.56 Å². The Bertz CT molecular complexity index is 599. The Balaban J connectivity index is 2.34. The summed E-state index contributed by atoms with van der Waals surface area (Å²) >= 11 is 0. The van der Waals surface area contributed by atoms with E-state index in [2.05, 4.69) is 21.7 Å². The van der Waals surface area contributed by atoms with Crippen molar-refractivity contribution in [3.63, 3.8) is 0 Å². The highest BCUT2D eigenvalue weighted by Gasteiger charge is 2.05. The van der Waals surface area contributed by atoms with Crippen LogP contribution in [-0.4, -0.2) is 12.0 Å². The second kappa shape index (κ2) is 5.19. The van der Waals surface area contributed by atoms with Crippen LogP contribution in [0, 0.1) is 18.3 Å². The normalized spacial score (nSPS) is 9.61. The van der Waals surface area contributed by atoms with Crippen LogP contribution >= 0.6 is 0 Å². The second-order valence-electron chi connectivity index (χ2n) is 3.91. The summed E-state index contributed by atoms with van der Waals surface area (Å²) in [5.41, 5.74) is 3.34. The summed E-state index contributed by atoms with van der Waals surface area (Å²) in [7, 11) is 1.82. The number of pyridine rings is 1. The van der Waals surface area contributed by atoms with Gasteiger partial charge in [-0.1, -0.05) is 12.1 Å². The molecule has 0 saturated heterocycles. The predicted octanol–water partition coefficient (Wildman–Crippen LogP) is 3.05. The van der Waals surface area contributed by atoms with Gasteiger partial charge in [-0.05, 0) is 24.6 Å². The van der Waals surface area contributed by atoms with Crippen molar-refractivity contribution in [2.75, 3.05) is 17.7 Å². The van der Waals surface area contributed by atoms with Gasteiger partial charge in [-0.2, -0.15) is 5.26 Å². The van der Waals surface area contributed by atoms with Crippen molar-refractivity contribution in [2.24, 2.45) is 0 Å². The Morgan fingerprint density at radius 1 is 1.28 bits per heavy atom. The molecule has 1 aromatic heterocycles. The molecule has 2 N–H and O–H groups in total. The average Bonchev–Trinajstić information content (AvgIpc) is 2.39. The first-order valence-corrected chi connectivity index (χ1v) is 5.65. The molecule has 18 heavy (non-hydrogen) atoms. The molecule has 0 aliphatic rings. The minimum atomic E-state index is 0.667. The van der Waals surface area contributed by atoms with Crippen molar-refractivity contribution in [2.45, 2.75) is 6.92 Å². The average molecular weight is 238 g/mol. The molecule has 1 heterocycles. The summed E-state index contributed by atoms with van der Waals surface area (Å²) in [5, 5.41) is 15.4. The summed E-state index contributed by atoms with van der Waals surface area (Å²) in [4.78, 5) is 4.14. The van der Waals surface area contributed by atoms with Crippen molar-refractivity contribution in [1.29, 1.82) is 5.26 Å². The van der Waals surface area contributed by atoms with Crippen LogP contribution in [0.3, 0.4) is 0 Å². The lowest BCUT2D eigenvalue weighted by Crippen LogP contribution is -1.97. The number of aromatic nitrogens is 1. The predicted molar refractivity (Wildman–Crippen MR) is 73.0 cm³/mol. The maximum absolute atomic E-state index is 9.16. The number of nitrogens with zero attached hydrogens (tertiary/aromatic N) is 2. The smallest absolute Gasteiger partial charge is 0.127 e. The highest BCUT2D eigenvalue weighted by atomic mass is 15.0. The van der Waals surface area contributed by atoms with Gasteiger partial charge in [0.05, 0.1) is 11.3 Å². The largest absolute Gasteiger partial charge is 0.373 e. The minimum absolute atomic E-state index is 0.667. The Labute approximate surface area is 106 Å². The van der Waals surface area contributed by atoms with Crippen molar-refractivity contribution in [3.05, 3.63) is 47.7 Å². The molecule has 2 rings (SSSR count). The zero-order chi connectivity index (χ0) is 13.0. The van der Waals surface area contributed by atoms with Crippen molar-refractivity contribution in [3.8, 4) is 6.07 Å². The van der Waals surface area contributed by atoms with Crippen LogP contribution in [0.1, 0.15) is 11.1 Å². The van der Waals surface area contributed by atoms with Crippen LogP contribution in [0.15, 0.2) is 36.5 Å². The molecule has 0 atom stereocenters. The molecule has 0 bridgehead atoms. The molecule has 0 aliphatic heterocycles. The van der Waals surface area contributed by atoms with E-state index in [9.17, 15) is 0 Å². The van der Waals surface area contributed by atoms with Gasteiger partial charge in [0.1, 0.15) is 11.9 Å². The number of hydrogen-bond donors (Lipinski definition) is 2. The van der Waals surface area contributed by atoms with E-state index in [1.807, 2.05) is 44.3 Å². The summed E-state index contributed by atoms with van der Waals surface area (Å²) in [5.74, 6) is 0.783. The molecule has 4 heteroatoms. The third kappa shape index (κ3) is 2.41. The van der Waals surface area contributed by atoms with Gasteiger partial charge in [-0.25, -0.2) is 4.98 Å². The molecule has 90 valence electrons. The number of rotatable bonds is 3. The maximum Gasteiger partial charge on any atom is 0.127 e. The molecule has 0 aliphatic carbocycles. The molecule has 0 radical (unpaired) electrons. The Hall–Kier alpha value is -2.54. The highest BCUT2D eigenvalue weighted by Crippen LogP contribution is 2.23. The van der Waals surface area contributed by atoms with Gasteiger partial charge in [0, 0.05) is 25.0 Å². The molecular formula is C14H14N4. The fourth-order valence-electron chi connectivity index (χ4n) is 1.72. The quantitative estimate of drug-likeness (QED) is 0.862. The van der Waals surface area contributed by atoms with E-state index in [0.717, 1.165) is 22.8 Å². The molecule has 0 saturated carbocycles. The second-order valence-corrected chi connectivity index (χ2v) is 3.91. The Morgan fingerprint density at radius 3 is 2.83 bits per heavy atom. The molecule has 2 aromatic rings. The molecule has 0 amide bonds. The summed E-state index contributed by atoms with van der Waals surface area (Å²) in [6, 6.07) is 11.7. The van der Waals surface area contributed by atoms with Crippen LogP contribution in [0.25, 0.3) is 0 Å². The first-order chi connectivity index (χ1) is 8.74. The van der Waals surface area contributed by atoms with Crippen LogP contribution in [0.5, 0.6) is 0 Å². The minimum Gasteiger partial charge on any atom is -0.373 e. The molecular weight excluding hydrogens is 224 g/mol. The number of benzene rings is 1. The Morgan fingerprint density at radius 2 is 2.11 bits per heavy atom. The number of nitrogens with one attached hydrogen (secondary N) is 2. The van der Waals surface area contributed by atoms with Gasteiger partial charge < -0.3 is 10.6 Å². The molecule has 0 unspecified atom stereocenters. The molecule has 0 spiro atoms. The summed E-state index contributed by atoms with van der Waals surface area (Å²) < 4.78 is 0. The van der Waals surface area contributed by atoms with Gasteiger partial charge in [-0.15, -0.1) is 0 Å². The lowest BCUT2D eigenvalue weighted by atomic mass is 10.1. The topological polar surface area (TPSA) is 60.7 Å². The van der Waals surface area contributed by atoms with E-state index < -0.39 is 0 Å². The number of nitriles is 1. The van der Waals surface area contributed by atoms with Gasteiger partial charge >= 0.3 is 0 Å². The van der Waals surface area contributed by atoms with Gasteiger partial charge in [0.25, 0.3) is 0 Å². The van der Waals surface area contributed by atoms with Crippen LogP contribution < -0.4 is 10.6 Å². The monoisotopic (exact) mass is 238 g/mol. The zero-order valence-corrected chi connectivity index (χ0v) is 10.4. The third-order valence-corrected chi connectivity index (χ3v) is 2.68. The first-order valence-electron chi connectivity index (χ1n) is 5.65. The van der Waals surface area contributed by atoms with Crippen molar-refractivity contribution < 1.29 is 0 Å². The number of aryl methyl sites for hydroxylation is 1. The summed E-state index contributed by atoms with van der Waals surface area (Å²) in [6.07, 6.45) is 1.72. The lowest BCUT2D eigenvalue weighted by molar-refractivity contribution is 1.28. The van der Waals surface area contributed by atoms with Crippen LogP contribution in [-0.2, 0) is 0 Å². The molecule has 0 fully saturated rings. The van der Waals surface area contributed by atoms with Gasteiger partial charge in [0.2, 0.25) is 0 Å². The number of hydrogen-bond acceptors (Lipinski definition) is 4. The first kappa shape index (κ1) is 11.9. The van der Waals surface area contributed by atoms with E-state index in [1.54, 1.807) is 6.20 Å². The Kier molecular flexibility index (Phi) is 3.44. The fraction of sp³-hybridized carbons (Fsp3) is 0.143.